The summed E-state index contributed by atoms with van der Waals surface area (Å²) in [5, 5.41) is 8.01. The topological polar surface area (TPSA) is 76.9 Å². The molecule has 3 rings (SSSR count). The van der Waals surface area contributed by atoms with Gasteiger partial charge in [-0.15, -0.1) is 0 Å². The van der Waals surface area contributed by atoms with Gasteiger partial charge in [-0.25, -0.2) is 4.68 Å². The Hall–Kier alpha value is -3.02. The zero-order chi connectivity index (χ0) is 16.2. The highest BCUT2D eigenvalue weighted by Crippen LogP contribution is 2.12. The van der Waals surface area contributed by atoms with Crippen LogP contribution in [0, 0.1) is 0 Å². The van der Waals surface area contributed by atoms with Crippen molar-refractivity contribution in [3.05, 3.63) is 70.4 Å². The molecule has 6 nitrogen and oxygen atoms in total. The maximum atomic E-state index is 12.4. The molecule has 23 heavy (non-hydrogen) atoms. The fraction of sp³-hybridized carbons (Fsp3) is 0.176. The summed E-state index contributed by atoms with van der Waals surface area (Å²) < 4.78 is 1.19. The van der Waals surface area contributed by atoms with Crippen LogP contribution in [0.1, 0.15) is 16.1 Å². The molecule has 1 aromatic carbocycles. The van der Waals surface area contributed by atoms with Gasteiger partial charge in [0, 0.05) is 31.4 Å². The minimum Gasteiger partial charge on any atom is -0.350 e. The summed E-state index contributed by atoms with van der Waals surface area (Å²) in [5.74, 6) is -0.286. The minimum absolute atomic E-state index is 0.214. The molecule has 0 spiro atoms. The molecule has 116 valence electrons. The molecule has 0 bridgehead atoms. The van der Waals surface area contributed by atoms with Crippen molar-refractivity contribution < 1.29 is 4.79 Å². The van der Waals surface area contributed by atoms with Crippen LogP contribution >= 0.6 is 0 Å². The van der Waals surface area contributed by atoms with E-state index < -0.39 is 0 Å². The third kappa shape index (κ3) is 3.11. The van der Waals surface area contributed by atoms with Gasteiger partial charge < -0.3 is 5.32 Å². The van der Waals surface area contributed by atoms with Crippen LogP contribution in [0.25, 0.3) is 10.8 Å². The van der Waals surface area contributed by atoms with Crippen molar-refractivity contribution in [2.24, 2.45) is 7.05 Å². The Morgan fingerprint density at radius 1 is 1.13 bits per heavy atom. The molecule has 1 amide bonds. The molecular formula is C17H16N4O2. The first-order chi connectivity index (χ1) is 11.2. The number of amides is 1. The van der Waals surface area contributed by atoms with E-state index in [1.807, 2.05) is 12.1 Å². The fourth-order valence-corrected chi connectivity index (χ4v) is 2.42. The van der Waals surface area contributed by atoms with E-state index in [0.29, 0.717) is 23.7 Å². The Kier molecular flexibility index (Phi) is 4.14. The lowest BCUT2D eigenvalue weighted by molar-refractivity contribution is 0.0949. The van der Waals surface area contributed by atoms with Gasteiger partial charge in [0.1, 0.15) is 0 Å². The monoisotopic (exact) mass is 308 g/mol. The van der Waals surface area contributed by atoms with E-state index in [2.05, 4.69) is 15.4 Å². The number of hydrogen-bond acceptors (Lipinski definition) is 4. The average Bonchev–Trinajstić information content (AvgIpc) is 2.59. The molecule has 0 saturated carbocycles. The molecule has 0 radical (unpaired) electrons. The van der Waals surface area contributed by atoms with Crippen LogP contribution in [0.5, 0.6) is 0 Å². The number of carbonyl (C=O) groups excluding carboxylic acids is 1. The third-order valence-electron chi connectivity index (χ3n) is 3.62. The lowest BCUT2D eigenvalue weighted by Gasteiger charge is -2.09. The predicted octanol–water partition coefficient (Wildman–Crippen LogP) is 1.30. The summed E-state index contributed by atoms with van der Waals surface area (Å²) >= 11 is 0. The van der Waals surface area contributed by atoms with Crippen LogP contribution in [0.2, 0.25) is 0 Å². The summed E-state index contributed by atoms with van der Waals surface area (Å²) in [4.78, 5) is 28.4. The van der Waals surface area contributed by atoms with Crippen molar-refractivity contribution >= 4 is 16.7 Å². The number of nitrogens with one attached hydrogen (secondary N) is 1. The SMILES string of the molecule is Cn1nc(C(=O)NCCc2ccncc2)c2ccccc2c1=O. The summed E-state index contributed by atoms with van der Waals surface area (Å²) in [7, 11) is 1.54. The maximum Gasteiger partial charge on any atom is 0.274 e. The molecule has 2 aromatic heterocycles. The van der Waals surface area contributed by atoms with E-state index >= 15 is 0 Å². The van der Waals surface area contributed by atoms with Gasteiger partial charge >= 0.3 is 0 Å². The quantitative estimate of drug-likeness (QED) is 0.788. The van der Waals surface area contributed by atoms with E-state index in [1.165, 1.54) is 4.68 Å². The van der Waals surface area contributed by atoms with Crippen molar-refractivity contribution in [2.45, 2.75) is 6.42 Å². The second-order valence-electron chi connectivity index (χ2n) is 5.18. The number of rotatable bonds is 4. The largest absolute Gasteiger partial charge is 0.350 e. The van der Waals surface area contributed by atoms with Gasteiger partial charge in [-0.05, 0) is 30.2 Å². The zero-order valence-electron chi connectivity index (χ0n) is 12.7. The Labute approximate surface area is 132 Å². The molecule has 0 atom stereocenters. The molecule has 2 heterocycles. The van der Waals surface area contributed by atoms with Gasteiger partial charge in [0.15, 0.2) is 5.69 Å². The Bertz CT molecular complexity index is 903. The average molecular weight is 308 g/mol. The van der Waals surface area contributed by atoms with E-state index in [4.69, 9.17) is 0 Å². The second kappa shape index (κ2) is 6.39. The normalized spacial score (nSPS) is 10.7. The van der Waals surface area contributed by atoms with Crippen LogP contribution in [0.4, 0.5) is 0 Å². The van der Waals surface area contributed by atoms with Gasteiger partial charge in [-0.3, -0.25) is 14.6 Å². The summed E-state index contributed by atoms with van der Waals surface area (Å²) in [5.41, 5.74) is 1.14. The van der Waals surface area contributed by atoms with Gasteiger partial charge in [0.05, 0.1) is 5.39 Å². The minimum atomic E-state index is -0.286. The molecule has 0 saturated heterocycles. The molecule has 0 aliphatic heterocycles. The first-order valence-electron chi connectivity index (χ1n) is 7.30. The van der Waals surface area contributed by atoms with Gasteiger partial charge in [-0.2, -0.15) is 5.10 Å². The van der Waals surface area contributed by atoms with E-state index in [9.17, 15) is 9.59 Å². The van der Waals surface area contributed by atoms with Gasteiger partial charge in [0.2, 0.25) is 0 Å². The fourth-order valence-electron chi connectivity index (χ4n) is 2.42. The summed E-state index contributed by atoms with van der Waals surface area (Å²) in [6, 6.07) is 10.8. The lowest BCUT2D eigenvalue weighted by atomic mass is 10.1. The van der Waals surface area contributed by atoms with E-state index in [-0.39, 0.29) is 17.2 Å². The Morgan fingerprint density at radius 2 is 1.83 bits per heavy atom. The number of benzene rings is 1. The number of hydrogen-bond donors (Lipinski definition) is 1. The molecule has 0 fully saturated rings. The van der Waals surface area contributed by atoms with Crippen LogP contribution in [0.3, 0.4) is 0 Å². The number of aromatic nitrogens is 3. The highest BCUT2D eigenvalue weighted by Gasteiger charge is 2.14. The number of aryl methyl sites for hydroxylation is 1. The van der Waals surface area contributed by atoms with Crippen LogP contribution in [-0.4, -0.2) is 27.2 Å². The number of nitrogens with zero attached hydrogens (tertiary/aromatic N) is 3. The number of pyridine rings is 1. The van der Waals surface area contributed by atoms with Crippen molar-refractivity contribution in [1.29, 1.82) is 0 Å². The summed E-state index contributed by atoms with van der Waals surface area (Å²) in [6.45, 7) is 0.488. The van der Waals surface area contributed by atoms with Crippen LogP contribution < -0.4 is 10.9 Å². The Balaban J connectivity index is 1.81. The highest BCUT2D eigenvalue weighted by atomic mass is 16.2. The van der Waals surface area contributed by atoms with Crippen molar-refractivity contribution in [1.82, 2.24) is 20.1 Å². The van der Waals surface area contributed by atoms with E-state index in [0.717, 1.165) is 5.56 Å². The van der Waals surface area contributed by atoms with Gasteiger partial charge in [0.25, 0.3) is 11.5 Å². The first-order valence-corrected chi connectivity index (χ1v) is 7.30. The van der Waals surface area contributed by atoms with Crippen LogP contribution in [-0.2, 0) is 13.5 Å². The van der Waals surface area contributed by atoms with E-state index in [1.54, 1.807) is 43.7 Å². The second-order valence-corrected chi connectivity index (χ2v) is 5.18. The van der Waals surface area contributed by atoms with Gasteiger partial charge in [-0.1, -0.05) is 18.2 Å². The molecule has 0 unspecified atom stereocenters. The van der Waals surface area contributed by atoms with Crippen molar-refractivity contribution in [2.75, 3.05) is 6.54 Å². The molecule has 3 aromatic rings. The standard InChI is InChI=1S/C17H16N4O2/c1-21-17(23)14-5-3-2-4-13(14)15(20-21)16(22)19-11-8-12-6-9-18-10-7-12/h2-7,9-10H,8,11H2,1H3,(H,19,22). The third-order valence-corrected chi connectivity index (χ3v) is 3.62. The van der Waals surface area contributed by atoms with Crippen molar-refractivity contribution in [3.8, 4) is 0 Å². The molecule has 1 N–H and O–H groups in total. The number of carbonyl (C=O) groups is 1. The highest BCUT2D eigenvalue weighted by molar-refractivity contribution is 6.04. The first kappa shape index (κ1) is 14.9. The summed E-state index contributed by atoms with van der Waals surface area (Å²) in [6.07, 6.45) is 4.15. The van der Waals surface area contributed by atoms with Crippen LogP contribution in [0.15, 0.2) is 53.6 Å². The number of fused-ring (bicyclic) bond motifs is 1. The molecule has 0 aliphatic carbocycles. The molecule has 6 heteroatoms. The lowest BCUT2D eigenvalue weighted by Crippen LogP contribution is -2.30. The molecular weight excluding hydrogens is 292 g/mol. The maximum absolute atomic E-state index is 12.4. The van der Waals surface area contributed by atoms with Crippen molar-refractivity contribution in [3.63, 3.8) is 0 Å². The predicted molar refractivity (Wildman–Crippen MR) is 87.3 cm³/mol. The zero-order valence-corrected chi connectivity index (χ0v) is 12.7. The Morgan fingerprint density at radius 3 is 2.57 bits per heavy atom. The molecule has 0 aliphatic rings. The smallest absolute Gasteiger partial charge is 0.274 e.